The molecule has 0 saturated carbocycles. The van der Waals surface area contributed by atoms with Crippen LogP contribution in [0.3, 0.4) is 0 Å². The van der Waals surface area contributed by atoms with Crippen molar-refractivity contribution in [2.45, 2.75) is 20.8 Å². The van der Waals surface area contributed by atoms with E-state index in [2.05, 4.69) is 25.4 Å². The maximum absolute atomic E-state index is 13.1. The minimum absolute atomic E-state index is 0.126. The predicted octanol–water partition coefficient (Wildman–Crippen LogP) is 1.75. The highest BCUT2D eigenvalue weighted by Crippen LogP contribution is 2.22. The first kappa shape index (κ1) is 20.6. The van der Waals surface area contributed by atoms with Gasteiger partial charge in [-0.25, -0.2) is 4.79 Å². The average Bonchev–Trinajstić information content (AvgIpc) is 3.39. The van der Waals surface area contributed by atoms with Gasteiger partial charge in [-0.15, -0.1) is 0 Å². The smallest absolute Gasteiger partial charge is 0.340 e. The van der Waals surface area contributed by atoms with Gasteiger partial charge in [0.05, 0.1) is 17.9 Å². The van der Waals surface area contributed by atoms with Crippen molar-refractivity contribution >= 4 is 17.8 Å². The number of rotatable bonds is 5. The molecular formula is C21H25N7O3. The molecule has 1 aromatic carbocycles. The van der Waals surface area contributed by atoms with Crippen LogP contribution in [-0.2, 0) is 4.74 Å². The number of para-hydroxylation sites is 1. The Balaban J connectivity index is 1.47. The van der Waals surface area contributed by atoms with Crippen LogP contribution in [0.1, 0.15) is 39.0 Å². The lowest BCUT2D eigenvalue weighted by atomic mass is 10.1. The number of benzene rings is 1. The standard InChI is InChI=1S/C21H25N7O3/c1-4-31-20(30)17-14(2)18(22-15(17)3)19(29)26-10-12-27(13-11-26)21-23-24-25-28(21)16-8-6-5-7-9-16/h5-9,22H,4,10-13H2,1-3H3. The lowest BCUT2D eigenvalue weighted by Gasteiger charge is -2.34. The van der Waals surface area contributed by atoms with Crippen LogP contribution >= 0.6 is 0 Å². The highest BCUT2D eigenvalue weighted by Gasteiger charge is 2.29. The van der Waals surface area contributed by atoms with Gasteiger partial charge in [0.1, 0.15) is 5.69 Å². The Hall–Kier alpha value is -3.69. The number of ether oxygens (including phenoxy) is 1. The Morgan fingerprint density at radius 2 is 1.81 bits per heavy atom. The number of nitrogens with zero attached hydrogens (tertiary/aromatic N) is 6. The number of tetrazole rings is 1. The Labute approximate surface area is 179 Å². The number of aryl methyl sites for hydroxylation is 1. The highest BCUT2D eigenvalue weighted by atomic mass is 16.5. The van der Waals surface area contributed by atoms with E-state index < -0.39 is 5.97 Å². The van der Waals surface area contributed by atoms with Crippen LogP contribution < -0.4 is 4.90 Å². The summed E-state index contributed by atoms with van der Waals surface area (Å²) in [6.07, 6.45) is 0. The van der Waals surface area contributed by atoms with Gasteiger partial charge in [0, 0.05) is 31.9 Å². The predicted molar refractivity (Wildman–Crippen MR) is 113 cm³/mol. The normalized spacial score (nSPS) is 14.0. The molecule has 162 valence electrons. The Bertz CT molecular complexity index is 1080. The largest absolute Gasteiger partial charge is 0.462 e. The number of hydrogen-bond acceptors (Lipinski definition) is 7. The van der Waals surface area contributed by atoms with Gasteiger partial charge in [-0.2, -0.15) is 4.68 Å². The number of anilines is 1. The topological polar surface area (TPSA) is 109 Å². The van der Waals surface area contributed by atoms with E-state index in [4.69, 9.17) is 4.74 Å². The number of carbonyl (C=O) groups excluding carboxylic acids is 2. The molecule has 1 fully saturated rings. The number of piperazine rings is 1. The Kier molecular flexibility index (Phi) is 5.70. The molecule has 1 saturated heterocycles. The van der Waals surface area contributed by atoms with Gasteiger partial charge in [-0.3, -0.25) is 4.79 Å². The summed E-state index contributed by atoms with van der Waals surface area (Å²) in [5.41, 5.74) is 3.01. The molecule has 0 atom stereocenters. The van der Waals surface area contributed by atoms with E-state index in [1.165, 1.54) is 0 Å². The SMILES string of the molecule is CCOC(=O)c1c(C)[nH]c(C(=O)N2CCN(c3nnnn3-c3ccccc3)CC2)c1C. The quantitative estimate of drug-likeness (QED) is 0.623. The van der Waals surface area contributed by atoms with Crippen molar-refractivity contribution in [1.82, 2.24) is 30.1 Å². The van der Waals surface area contributed by atoms with E-state index in [-0.39, 0.29) is 12.5 Å². The molecule has 2 aromatic heterocycles. The first-order valence-corrected chi connectivity index (χ1v) is 10.3. The molecule has 1 N–H and O–H groups in total. The van der Waals surface area contributed by atoms with E-state index in [0.717, 1.165) is 5.69 Å². The molecule has 10 nitrogen and oxygen atoms in total. The zero-order chi connectivity index (χ0) is 22.0. The van der Waals surface area contributed by atoms with Crippen LogP contribution in [-0.4, -0.2) is 74.8 Å². The fraction of sp³-hybridized carbons (Fsp3) is 0.381. The van der Waals surface area contributed by atoms with Gasteiger partial charge < -0.3 is 19.5 Å². The number of nitrogens with one attached hydrogen (secondary N) is 1. The van der Waals surface area contributed by atoms with Crippen molar-refractivity contribution in [1.29, 1.82) is 0 Å². The summed E-state index contributed by atoms with van der Waals surface area (Å²) in [6.45, 7) is 7.83. The molecule has 3 heterocycles. The number of esters is 1. The van der Waals surface area contributed by atoms with Gasteiger partial charge in [-0.05, 0) is 48.9 Å². The van der Waals surface area contributed by atoms with Gasteiger partial charge in [0.25, 0.3) is 5.91 Å². The lowest BCUT2D eigenvalue weighted by Crippen LogP contribution is -2.49. The molecule has 4 rings (SSSR count). The summed E-state index contributed by atoms with van der Waals surface area (Å²) in [6, 6.07) is 9.69. The van der Waals surface area contributed by atoms with Gasteiger partial charge in [0.15, 0.2) is 0 Å². The molecular weight excluding hydrogens is 398 g/mol. The number of hydrogen-bond donors (Lipinski definition) is 1. The molecule has 1 aliphatic rings. The van der Waals surface area contributed by atoms with E-state index in [9.17, 15) is 9.59 Å². The van der Waals surface area contributed by atoms with Crippen LogP contribution in [0.2, 0.25) is 0 Å². The van der Waals surface area contributed by atoms with Crippen molar-refractivity contribution in [2.24, 2.45) is 0 Å². The molecule has 1 amide bonds. The average molecular weight is 423 g/mol. The summed E-state index contributed by atoms with van der Waals surface area (Å²) in [5.74, 6) is 0.110. The van der Waals surface area contributed by atoms with E-state index in [0.29, 0.717) is 54.6 Å². The highest BCUT2D eigenvalue weighted by molar-refractivity contribution is 6.00. The molecule has 0 bridgehead atoms. The fourth-order valence-corrected chi connectivity index (χ4v) is 3.86. The second-order valence-corrected chi connectivity index (χ2v) is 7.35. The number of aromatic nitrogens is 5. The van der Waals surface area contributed by atoms with Gasteiger partial charge in [0.2, 0.25) is 5.95 Å². The summed E-state index contributed by atoms with van der Waals surface area (Å²) >= 11 is 0. The number of carbonyl (C=O) groups is 2. The Morgan fingerprint density at radius 1 is 1.10 bits per heavy atom. The molecule has 10 heteroatoms. The molecule has 31 heavy (non-hydrogen) atoms. The minimum Gasteiger partial charge on any atom is -0.462 e. The van der Waals surface area contributed by atoms with Crippen LogP contribution in [0.15, 0.2) is 30.3 Å². The summed E-state index contributed by atoms with van der Waals surface area (Å²) < 4.78 is 6.82. The summed E-state index contributed by atoms with van der Waals surface area (Å²) in [4.78, 5) is 32.3. The molecule has 1 aliphatic heterocycles. The maximum Gasteiger partial charge on any atom is 0.340 e. The van der Waals surface area contributed by atoms with Crippen LogP contribution in [0.5, 0.6) is 0 Å². The van der Waals surface area contributed by atoms with Crippen molar-refractivity contribution in [3.8, 4) is 5.69 Å². The molecule has 3 aromatic rings. The van der Waals surface area contributed by atoms with Crippen molar-refractivity contribution < 1.29 is 14.3 Å². The van der Waals surface area contributed by atoms with Crippen molar-refractivity contribution in [2.75, 3.05) is 37.7 Å². The van der Waals surface area contributed by atoms with E-state index in [1.54, 1.807) is 30.4 Å². The van der Waals surface area contributed by atoms with Crippen molar-refractivity contribution in [3.05, 3.63) is 52.8 Å². The Morgan fingerprint density at radius 3 is 2.48 bits per heavy atom. The zero-order valence-corrected chi connectivity index (χ0v) is 17.8. The third-order valence-corrected chi connectivity index (χ3v) is 5.43. The van der Waals surface area contributed by atoms with Crippen molar-refractivity contribution in [3.63, 3.8) is 0 Å². The van der Waals surface area contributed by atoms with Gasteiger partial charge >= 0.3 is 5.97 Å². The van der Waals surface area contributed by atoms with Crippen LogP contribution in [0.4, 0.5) is 5.95 Å². The van der Waals surface area contributed by atoms with Gasteiger partial charge in [-0.1, -0.05) is 23.3 Å². The molecule has 0 unspecified atom stereocenters. The summed E-state index contributed by atoms with van der Waals surface area (Å²) in [5, 5.41) is 12.1. The second kappa shape index (κ2) is 8.58. The fourth-order valence-electron chi connectivity index (χ4n) is 3.86. The number of aromatic amines is 1. The first-order chi connectivity index (χ1) is 15.0. The number of amides is 1. The molecule has 0 spiro atoms. The third kappa shape index (κ3) is 3.88. The monoisotopic (exact) mass is 423 g/mol. The van der Waals surface area contributed by atoms with E-state index >= 15 is 0 Å². The third-order valence-electron chi connectivity index (χ3n) is 5.43. The summed E-state index contributed by atoms with van der Waals surface area (Å²) in [7, 11) is 0. The first-order valence-electron chi connectivity index (χ1n) is 10.3. The van der Waals surface area contributed by atoms with Crippen LogP contribution in [0, 0.1) is 13.8 Å². The lowest BCUT2D eigenvalue weighted by molar-refractivity contribution is 0.0525. The number of H-pyrrole nitrogens is 1. The minimum atomic E-state index is -0.412. The zero-order valence-electron chi connectivity index (χ0n) is 17.8. The van der Waals surface area contributed by atoms with Crippen LogP contribution in [0.25, 0.3) is 5.69 Å². The molecule has 0 radical (unpaired) electrons. The maximum atomic E-state index is 13.1. The second-order valence-electron chi connectivity index (χ2n) is 7.35. The van der Waals surface area contributed by atoms with E-state index in [1.807, 2.05) is 30.3 Å². The molecule has 0 aliphatic carbocycles.